The summed E-state index contributed by atoms with van der Waals surface area (Å²) in [6, 6.07) is 13.9. The lowest BCUT2D eigenvalue weighted by atomic mass is 10.1. The number of anilines is 1. The van der Waals surface area contributed by atoms with Crippen LogP contribution in [-0.4, -0.2) is 47.0 Å². The number of nitrogens with zero attached hydrogens (tertiary/aromatic N) is 4. The summed E-state index contributed by atoms with van der Waals surface area (Å²) in [6.45, 7) is 8.02. The Morgan fingerprint density at radius 1 is 1.10 bits per heavy atom. The Morgan fingerprint density at radius 3 is 2.67 bits per heavy atom. The first-order chi connectivity index (χ1) is 14.6. The van der Waals surface area contributed by atoms with Gasteiger partial charge in [0.2, 0.25) is 0 Å². The number of hydrogen-bond acceptors (Lipinski definition) is 5. The summed E-state index contributed by atoms with van der Waals surface area (Å²) >= 11 is 0. The minimum absolute atomic E-state index is 0.117. The number of rotatable bonds is 6. The number of morpholine rings is 1. The molecule has 3 aromatic rings. The van der Waals surface area contributed by atoms with E-state index in [4.69, 9.17) is 4.74 Å². The largest absolute Gasteiger partial charge is 0.378 e. The molecule has 1 aliphatic heterocycles. The second-order valence-corrected chi connectivity index (χ2v) is 7.56. The van der Waals surface area contributed by atoms with Gasteiger partial charge in [-0.05, 0) is 43.2 Å². The quantitative estimate of drug-likeness (QED) is 0.683. The third-order valence-corrected chi connectivity index (χ3v) is 5.22. The maximum absolute atomic E-state index is 12.9. The van der Waals surface area contributed by atoms with Crippen molar-refractivity contribution in [3.63, 3.8) is 0 Å². The molecule has 0 radical (unpaired) electrons. The second kappa shape index (κ2) is 9.09. The van der Waals surface area contributed by atoms with Gasteiger partial charge >= 0.3 is 0 Å². The number of benzene rings is 1. The summed E-state index contributed by atoms with van der Waals surface area (Å²) in [7, 11) is 0. The molecule has 7 nitrogen and oxygen atoms in total. The predicted molar refractivity (Wildman–Crippen MR) is 116 cm³/mol. The molecular formula is C23H27N5O2. The lowest BCUT2D eigenvalue weighted by molar-refractivity contribution is 0.0949. The molecule has 0 atom stereocenters. The Morgan fingerprint density at radius 2 is 1.90 bits per heavy atom. The molecule has 156 valence electrons. The molecule has 7 heteroatoms. The fourth-order valence-electron chi connectivity index (χ4n) is 3.72. The summed E-state index contributed by atoms with van der Waals surface area (Å²) in [5.41, 5.74) is 4.96. The maximum atomic E-state index is 12.9. The number of aryl methyl sites for hydroxylation is 2. The third-order valence-electron chi connectivity index (χ3n) is 5.22. The van der Waals surface area contributed by atoms with E-state index in [0.29, 0.717) is 31.9 Å². The molecule has 1 amide bonds. The average Bonchev–Trinajstić information content (AvgIpc) is 3.09. The van der Waals surface area contributed by atoms with E-state index in [-0.39, 0.29) is 5.91 Å². The zero-order valence-electron chi connectivity index (χ0n) is 17.5. The molecule has 0 spiro atoms. The number of amides is 1. The van der Waals surface area contributed by atoms with Crippen LogP contribution in [0.5, 0.6) is 0 Å². The molecule has 1 aromatic carbocycles. The topological polar surface area (TPSA) is 72.3 Å². The number of carbonyl (C=O) groups excluding carboxylic acids is 1. The number of hydrogen-bond donors (Lipinski definition) is 1. The Labute approximate surface area is 176 Å². The van der Waals surface area contributed by atoms with Gasteiger partial charge in [-0.1, -0.05) is 24.3 Å². The van der Waals surface area contributed by atoms with Crippen LogP contribution in [0.2, 0.25) is 0 Å². The van der Waals surface area contributed by atoms with Crippen molar-refractivity contribution >= 4 is 11.7 Å². The average molecular weight is 406 g/mol. The lowest BCUT2D eigenvalue weighted by Crippen LogP contribution is -2.38. The molecule has 30 heavy (non-hydrogen) atoms. The maximum Gasteiger partial charge on any atom is 0.255 e. The fraction of sp³-hybridized carbons (Fsp3) is 0.348. The van der Waals surface area contributed by atoms with Crippen molar-refractivity contribution in [1.82, 2.24) is 20.1 Å². The van der Waals surface area contributed by atoms with Gasteiger partial charge in [0.15, 0.2) is 0 Å². The minimum atomic E-state index is -0.117. The Hall–Kier alpha value is -3.19. The SMILES string of the molecule is Cc1cc(C)n(Cc2cccc(CNC(=O)c3cccnc3N3CCOCC3)c2)n1. The molecule has 1 saturated heterocycles. The smallest absolute Gasteiger partial charge is 0.255 e. The molecule has 0 bridgehead atoms. The van der Waals surface area contributed by atoms with Crippen LogP contribution >= 0.6 is 0 Å². The van der Waals surface area contributed by atoms with E-state index >= 15 is 0 Å². The molecule has 0 saturated carbocycles. The van der Waals surface area contributed by atoms with Crippen molar-refractivity contribution in [2.45, 2.75) is 26.9 Å². The first kappa shape index (κ1) is 20.1. The van der Waals surface area contributed by atoms with Crippen LogP contribution < -0.4 is 10.2 Å². The first-order valence-corrected chi connectivity index (χ1v) is 10.2. The van der Waals surface area contributed by atoms with E-state index < -0.39 is 0 Å². The van der Waals surface area contributed by atoms with Gasteiger partial charge in [-0.3, -0.25) is 9.48 Å². The summed E-state index contributed by atoms with van der Waals surface area (Å²) in [4.78, 5) is 19.4. The molecule has 2 aromatic heterocycles. The van der Waals surface area contributed by atoms with Crippen LogP contribution in [0.1, 0.15) is 32.9 Å². The second-order valence-electron chi connectivity index (χ2n) is 7.56. The highest BCUT2D eigenvalue weighted by atomic mass is 16.5. The highest BCUT2D eigenvalue weighted by Gasteiger charge is 2.19. The summed E-state index contributed by atoms with van der Waals surface area (Å²) < 4.78 is 7.41. The fourth-order valence-corrected chi connectivity index (χ4v) is 3.72. The standard InChI is InChI=1S/C23H27N5O2/c1-17-13-18(2)28(26-17)16-20-6-3-5-19(14-20)15-25-23(29)21-7-4-8-24-22(21)27-9-11-30-12-10-27/h3-8,13-14H,9-12,15-16H2,1-2H3,(H,25,29). The van der Waals surface area contributed by atoms with Gasteiger partial charge < -0.3 is 15.0 Å². The van der Waals surface area contributed by atoms with Gasteiger partial charge in [-0.25, -0.2) is 4.98 Å². The van der Waals surface area contributed by atoms with Gasteiger partial charge in [0.05, 0.1) is 31.0 Å². The van der Waals surface area contributed by atoms with Crippen molar-refractivity contribution in [2.24, 2.45) is 0 Å². The number of ether oxygens (including phenoxy) is 1. The number of pyridine rings is 1. The van der Waals surface area contributed by atoms with Crippen LogP contribution in [0, 0.1) is 13.8 Å². The van der Waals surface area contributed by atoms with E-state index in [1.807, 2.05) is 29.8 Å². The van der Waals surface area contributed by atoms with Crippen molar-refractivity contribution in [2.75, 3.05) is 31.2 Å². The minimum Gasteiger partial charge on any atom is -0.378 e. The van der Waals surface area contributed by atoms with Crippen molar-refractivity contribution < 1.29 is 9.53 Å². The third kappa shape index (κ3) is 4.68. The highest BCUT2D eigenvalue weighted by Crippen LogP contribution is 2.18. The van der Waals surface area contributed by atoms with E-state index in [2.05, 4.69) is 45.4 Å². The van der Waals surface area contributed by atoms with Gasteiger partial charge in [0.25, 0.3) is 5.91 Å². The van der Waals surface area contributed by atoms with E-state index in [1.54, 1.807) is 12.3 Å². The van der Waals surface area contributed by atoms with E-state index in [1.165, 1.54) is 0 Å². The highest BCUT2D eigenvalue weighted by molar-refractivity contribution is 5.98. The molecule has 0 aliphatic carbocycles. The van der Waals surface area contributed by atoms with Crippen LogP contribution in [0.25, 0.3) is 0 Å². The summed E-state index contributed by atoms with van der Waals surface area (Å²) in [5, 5.41) is 7.57. The number of nitrogens with one attached hydrogen (secondary N) is 1. The zero-order valence-corrected chi connectivity index (χ0v) is 17.5. The van der Waals surface area contributed by atoms with Gasteiger partial charge in [-0.2, -0.15) is 5.10 Å². The molecule has 0 unspecified atom stereocenters. The summed E-state index contributed by atoms with van der Waals surface area (Å²) in [6.07, 6.45) is 1.73. The molecule has 1 aliphatic rings. The molecule has 1 fully saturated rings. The van der Waals surface area contributed by atoms with Gasteiger partial charge in [0.1, 0.15) is 5.82 Å². The van der Waals surface area contributed by atoms with Crippen LogP contribution in [0.4, 0.5) is 5.82 Å². The Balaban J connectivity index is 1.43. The molecule has 1 N–H and O–H groups in total. The van der Waals surface area contributed by atoms with Crippen molar-refractivity contribution in [3.8, 4) is 0 Å². The Kier molecular flexibility index (Phi) is 6.09. The zero-order chi connectivity index (χ0) is 20.9. The molecule has 4 rings (SSSR count). The van der Waals surface area contributed by atoms with Crippen molar-refractivity contribution in [3.05, 3.63) is 76.7 Å². The number of carbonyl (C=O) groups is 1. The van der Waals surface area contributed by atoms with Crippen LogP contribution in [0.3, 0.4) is 0 Å². The monoisotopic (exact) mass is 405 g/mol. The lowest BCUT2D eigenvalue weighted by Gasteiger charge is -2.29. The number of aromatic nitrogens is 3. The van der Waals surface area contributed by atoms with Crippen LogP contribution in [-0.2, 0) is 17.8 Å². The summed E-state index contributed by atoms with van der Waals surface area (Å²) in [5.74, 6) is 0.602. The molecular weight excluding hydrogens is 378 g/mol. The van der Waals surface area contributed by atoms with Gasteiger partial charge in [-0.15, -0.1) is 0 Å². The van der Waals surface area contributed by atoms with E-state index in [9.17, 15) is 4.79 Å². The van der Waals surface area contributed by atoms with Gasteiger partial charge in [0, 0.05) is 31.5 Å². The van der Waals surface area contributed by atoms with E-state index in [0.717, 1.165) is 41.4 Å². The first-order valence-electron chi connectivity index (χ1n) is 10.2. The normalized spacial score (nSPS) is 14.0. The Bertz CT molecular complexity index is 1020. The van der Waals surface area contributed by atoms with Crippen molar-refractivity contribution in [1.29, 1.82) is 0 Å². The molecule has 3 heterocycles. The predicted octanol–water partition coefficient (Wildman–Crippen LogP) is 2.71. The van der Waals surface area contributed by atoms with Crippen LogP contribution in [0.15, 0.2) is 48.7 Å².